The van der Waals surface area contributed by atoms with Crippen LogP contribution >= 0.6 is 0 Å². The number of aromatic nitrogens is 3. The van der Waals surface area contributed by atoms with Crippen LogP contribution in [0.25, 0.3) is 10.9 Å². The molecule has 2 aromatic heterocycles. The highest BCUT2D eigenvalue weighted by Gasteiger charge is 2.31. The van der Waals surface area contributed by atoms with Gasteiger partial charge in [-0.1, -0.05) is 18.2 Å². The lowest BCUT2D eigenvalue weighted by atomic mass is 10.1. The number of amides is 1. The molecular formula is C21H23N5O. The van der Waals surface area contributed by atoms with Crippen LogP contribution in [0.2, 0.25) is 0 Å². The van der Waals surface area contributed by atoms with E-state index in [0.717, 1.165) is 41.8 Å². The molecule has 0 saturated carbocycles. The van der Waals surface area contributed by atoms with Crippen molar-refractivity contribution < 1.29 is 4.79 Å². The number of fused-ring (bicyclic) bond motifs is 2. The van der Waals surface area contributed by atoms with Crippen LogP contribution in [0, 0.1) is 0 Å². The summed E-state index contributed by atoms with van der Waals surface area (Å²) in [5.41, 5.74) is 2.70. The predicted molar refractivity (Wildman–Crippen MR) is 103 cm³/mol. The van der Waals surface area contributed by atoms with Gasteiger partial charge in [-0.15, -0.1) is 0 Å². The van der Waals surface area contributed by atoms with Crippen molar-refractivity contribution >= 4 is 16.8 Å². The maximum absolute atomic E-state index is 13.4. The van der Waals surface area contributed by atoms with Crippen molar-refractivity contribution in [3.63, 3.8) is 0 Å². The molecular weight excluding hydrogens is 338 g/mol. The van der Waals surface area contributed by atoms with Gasteiger partial charge < -0.3 is 9.80 Å². The molecule has 0 spiro atoms. The fourth-order valence-corrected chi connectivity index (χ4v) is 4.39. The summed E-state index contributed by atoms with van der Waals surface area (Å²) in [5.74, 6) is 0.0764. The topological polar surface area (TPSA) is 54.3 Å². The maximum atomic E-state index is 13.4. The molecule has 0 N–H and O–H groups in total. The minimum Gasteiger partial charge on any atom is -0.331 e. The molecule has 5 rings (SSSR count). The van der Waals surface area contributed by atoms with Crippen molar-refractivity contribution in [2.24, 2.45) is 0 Å². The zero-order chi connectivity index (χ0) is 18.2. The molecule has 0 radical (unpaired) electrons. The Balaban J connectivity index is 1.45. The second kappa shape index (κ2) is 6.78. The van der Waals surface area contributed by atoms with Gasteiger partial charge in [-0.2, -0.15) is 5.10 Å². The summed E-state index contributed by atoms with van der Waals surface area (Å²) in [7, 11) is 0. The molecule has 0 bridgehead atoms. The minimum atomic E-state index is 0.0764. The average molecular weight is 361 g/mol. The highest BCUT2D eigenvalue weighted by molar-refractivity contribution is 6.05. The van der Waals surface area contributed by atoms with E-state index < -0.39 is 0 Å². The minimum absolute atomic E-state index is 0.0764. The molecule has 6 heteroatoms. The Kier molecular flexibility index (Phi) is 4.13. The maximum Gasteiger partial charge on any atom is 0.255 e. The summed E-state index contributed by atoms with van der Waals surface area (Å²) < 4.78 is 2.12. The van der Waals surface area contributed by atoms with Crippen LogP contribution in [0.4, 0.5) is 0 Å². The van der Waals surface area contributed by atoms with Gasteiger partial charge in [0.05, 0.1) is 29.4 Å². The summed E-state index contributed by atoms with van der Waals surface area (Å²) in [6.07, 6.45) is 6.11. The number of para-hydroxylation sites is 1. The molecule has 138 valence electrons. The summed E-state index contributed by atoms with van der Waals surface area (Å²) in [6.45, 7) is 4.55. The highest BCUT2D eigenvalue weighted by atomic mass is 16.2. The van der Waals surface area contributed by atoms with Crippen LogP contribution < -0.4 is 0 Å². The van der Waals surface area contributed by atoms with Crippen LogP contribution in [0.15, 0.2) is 48.8 Å². The number of rotatable bonds is 3. The molecule has 1 saturated heterocycles. The molecule has 0 aliphatic carbocycles. The van der Waals surface area contributed by atoms with Crippen molar-refractivity contribution in [3.8, 4) is 0 Å². The zero-order valence-electron chi connectivity index (χ0n) is 15.3. The number of pyridine rings is 1. The van der Waals surface area contributed by atoms with Gasteiger partial charge in [0.2, 0.25) is 0 Å². The normalized spacial score (nSPS) is 20.1. The molecule has 1 fully saturated rings. The van der Waals surface area contributed by atoms with Crippen LogP contribution in [0.3, 0.4) is 0 Å². The number of carbonyl (C=O) groups excluding carboxylic acids is 1. The Morgan fingerprint density at radius 3 is 2.81 bits per heavy atom. The fourth-order valence-electron chi connectivity index (χ4n) is 4.39. The number of hydrogen-bond acceptors (Lipinski definition) is 4. The van der Waals surface area contributed by atoms with E-state index in [9.17, 15) is 4.79 Å². The Morgan fingerprint density at radius 2 is 1.93 bits per heavy atom. The van der Waals surface area contributed by atoms with Gasteiger partial charge in [-0.3, -0.25) is 14.5 Å². The first kappa shape index (κ1) is 16.4. The van der Waals surface area contributed by atoms with Crippen molar-refractivity contribution in [2.75, 3.05) is 26.2 Å². The lowest BCUT2D eigenvalue weighted by molar-refractivity contribution is 0.0648. The van der Waals surface area contributed by atoms with Crippen molar-refractivity contribution in [1.82, 2.24) is 24.6 Å². The lowest BCUT2D eigenvalue weighted by Crippen LogP contribution is -2.45. The molecule has 1 aromatic carbocycles. The number of likely N-dealkylation sites (tertiary alicyclic amines) is 1. The van der Waals surface area contributed by atoms with E-state index in [1.54, 1.807) is 6.20 Å². The van der Waals surface area contributed by atoms with E-state index in [1.807, 2.05) is 47.5 Å². The van der Waals surface area contributed by atoms with E-state index in [-0.39, 0.29) is 11.9 Å². The molecule has 2 aliphatic heterocycles. The van der Waals surface area contributed by atoms with Gasteiger partial charge in [-0.05, 0) is 44.1 Å². The molecule has 3 aromatic rings. The van der Waals surface area contributed by atoms with Crippen LogP contribution in [0.5, 0.6) is 0 Å². The Morgan fingerprint density at radius 1 is 1.07 bits per heavy atom. The molecule has 1 atom stereocenters. The number of nitrogens with zero attached hydrogens (tertiary/aromatic N) is 5. The van der Waals surface area contributed by atoms with E-state index in [2.05, 4.69) is 19.7 Å². The lowest BCUT2D eigenvalue weighted by Gasteiger charge is -2.36. The smallest absolute Gasteiger partial charge is 0.255 e. The number of carbonyl (C=O) groups is 1. The zero-order valence-corrected chi connectivity index (χ0v) is 15.3. The largest absolute Gasteiger partial charge is 0.331 e. The summed E-state index contributed by atoms with van der Waals surface area (Å²) in [6, 6.07) is 11.9. The van der Waals surface area contributed by atoms with E-state index in [1.165, 1.54) is 12.8 Å². The quantitative estimate of drug-likeness (QED) is 0.720. The van der Waals surface area contributed by atoms with Gasteiger partial charge in [0, 0.05) is 30.9 Å². The van der Waals surface area contributed by atoms with Gasteiger partial charge in [0.1, 0.15) is 0 Å². The highest BCUT2D eigenvalue weighted by Crippen LogP contribution is 2.26. The Bertz CT molecular complexity index is 970. The van der Waals surface area contributed by atoms with Gasteiger partial charge in [0.25, 0.3) is 5.91 Å². The van der Waals surface area contributed by atoms with Crippen molar-refractivity contribution in [2.45, 2.75) is 25.4 Å². The van der Waals surface area contributed by atoms with Gasteiger partial charge in [-0.25, -0.2) is 0 Å². The van der Waals surface area contributed by atoms with E-state index in [4.69, 9.17) is 0 Å². The monoisotopic (exact) mass is 361 g/mol. The molecule has 0 unspecified atom stereocenters. The molecule has 6 nitrogen and oxygen atoms in total. The average Bonchev–Trinajstić information content (AvgIpc) is 3.38. The Hall–Kier alpha value is -2.73. The molecule has 4 heterocycles. The second-order valence-corrected chi connectivity index (χ2v) is 7.49. The third-order valence-corrected chi connectivity index (χ3v) is 5.72. The first-order chi connectivity index (χ1) is 13.3. The Labute approximate surface area is 158 Å². The molecule has 2 aliphatic rings. The van der Waals surface area contributed by atoms with Crippen LogP contribution in [-0.4, -0.2) is 56.7 Å². The standard InChI is InChI=1S/C21H23N5O/c27-21(19-8-9-22-20-6-2-1-5-18(19)20)25-14-16-7-10-23-26(16)17(15-25)13-24-11-3-4-12-24/h1-2,5-10,17H,3-4,11-15H2/t17-/m0/s1. The van der Waals surface area contributed by atoms with E-state index in [0.29, 0.717) is 13.1 Å². The SMILES string of the molecule is O=C(c1ccnc2ccccc12)N1Cc2ccnn2[C@@H](CN2CCCC2)C1. The van der Waals surface area contributed by atoms with Gasteiger partial charge in [0.15, 0.2) is 0 Å². The second-order valence-electron chi connectivity index (χ2n) is 7.49. The van der Waals surface area contributed by atoms with Crippen LogP contribution in [0.1, 0.15) is 34.9 Å². The number of hydrogen-bond donors (Lipinski definition) is 0. The van der Waals surface area contributed by atoms with Crippen LogP contribution in [-0.2, 0) is 6.54 Å². The van der Waals surface area contributed by atoms with Gasteiger partial charge >= 0.3 is 0 Å². The first-order valence-electron chi connectivity index (χ1n) is 9.67. The summed E-state index contributed by atoms with van der Waals surface area (Å²) in [5, 5.41) is 5.46. The summed E-state index contributed by atoms with van der Waals surface area (Å²) in [4.78, 5) is 22.2. The van der Waals surface area contributed by atoms with Crippen molar-refractivity contribution in [1.29, 1.82) is 0 Å². The first-order valence-corrected chi connectivity index (χ1v) is 9.67. The number of benzene rings is 1. The fraction of sp³-hybridized carbons (Fsp3) is 0.381. The van der Waals surface area contributed by atoms with E-state index >= 15 is 0 Å². The molecule has 27 heavy (non-hydrogen) atoms. The predicted octanol–water partition coefficient (Wildman–Crippen LogP) is 2.72. The van der Waals surface area contributed by atoms with Crippen molar-refractivity contribution in [3.05, 3.63) is 60.0 Å². The third kappa shape index (κ3) is 3.00. The summed E-state index contributed by atoms with van der Waals surface area (Å²) >= 11 is 0. The molecule has 1 amide bonds. The third-order valence-electron chi connectivity index (χ3n) is 5.72.